The first-order valence-corrected chi connectivity index (χ1v) is 7.29. The topological polar surface area (TPSA) is 43.1 Å². The largest absolute Gasteiger partial charge is 0.330 e. The predicted octanol–water partition coefficient (Wildman–Crippen LogP) is 2.44. The van der Waals surface area contributed by atoms with Gasteiger partial charge in [-0.2, -0.15) is 0 Å². The van der Waals surface area contributed by atoms with Gasteiger partial charge in [-0.15, -0.1) is 0 Å². The van der Waals surface area contributed by atoms with Crippen LogP contribution >= 0.6 is 0 Å². The summed E-state index contributed by atoms with van der Waals surface area (Å²) >= 11 is 0. The summed E-state index contributed by atoms with van der Waals surface area (Å²) in [5.41, 5.74) is 5.81. The summed E-state index contributed by atoms with van der Waals surface area (Å²) in [6.07, 6.45) is 6.05. The molecule has 2 N–H and O–H groups in total. The molecule has 1 aliphatic carbocycles. The van der Waals surface area contributed by atoms with Gasteiger partial charge in [-0.05, 0) is 46.1 Å². The molecule has 3 unspecified atom stereocenters. The molecule has 0 aromatic carbocycles. The van der Waals surface area contributed by atoms with Crippen molar-refractivity contribution in [2.24, 2.45) is 11.7 Å². The minimum absolute atomic E-state index is 0.0948. The lowest BCUT2D eigenvalue weighted by Gasteiger charge is -2.29. The maximum absolute atomic E-state index is 12.4. The molecule has 0 aliphatic heterocycles. The zero-order valence-corrected chi connectivity index (χ0v) is 11.1. The molecule has 90 valence electrons. The molecule has 0 aromatic heterocycles. The summed E-state index contributed by atoms with van der Waals surface area (Å²) in [4.78, 5) is 0. The smallest absolute Gasteiger partial charge is 0.0393 e. The van der Waals surface area contributed by atoms with Crippen LogP contribution < -0.4 is 5.73 Å². The Morgan fingerprint density at radius 3 is 2.33 bits per heavy atom. The van der Waals surface area contributed by atoms with E-state index in [0.29, 0.717) is 17.7 Å². The van der Waals surface area contributed by atoms with E-state index in [1.807, 2.05) is 0 Å². The highest BCUT2D eigenvalue weighted by Crippen LogP contribution is 2.30. The van der Waals surface area contributed by atoms with Gasteiger partial charge in [-0.3, -0.25) is 4.21 Å². The van der Waals surface area contributed by atoms with E-state index in [1.165, 1.54) is 25.7 Å². The molecule has 0 heterocycles. The molecule has 0 spiro atoms. The molecule has 15 heavy (non-hydrogen) atoms. The van der Waals surface area contributed by atoms with Crippen LogP contribution in [0.4, 0.5) is 0 Å². The summed E-state index contributed by atoms with van der Waals surface area (Å²) in [6.45, 7) is 6.91. The number of nitrogens with two attached hydrogens (primary N) is 1. The van der Waals surface area contributed by atoms with Crippen LogP contribution in [0.5, 0.6) is 0 Å². The maximum Gasteiger partial charge on any atom is 0.0393 e. The lowest BCUT2D eigenvalue weighted by molar-refractivity contribution is 0.468. The van der Waals surface area contributed by atoms with Gasteiger partial charge in [0.1, 0.15) is 0 Å². The molecule has 3 heteroatoms. The summed E-state index contributed by atoms with van der Waals surface area (Å²) in [5, 5.41) is 0.331. The summed E-state index contributed by atoms with van der Waals surface area (Å²) < 4.78 is 12.3. The highest BCUT2D eigenvalue weighted by Gasteiger charge is 2.33. The van der Waals surface area contributed by atoms with Crippen LogP contribution in [0.2, 0.25) is 0 Å². The van der Waals surface area contributed by atoms with Crippen LogP contribution in [-0.2, 0) is 10.8 Å². The normalized spacial score (nSPS) is 30.9. The third-order valence-electron chi connectivity index (χ3n) is 3.27. The summed E-state index contributed by atoms with van der Waals surface area (Å²) in [5.74, 6) is 0.479. The van der Waals surface area contributed by atoms with Crippen molar-refractivity contribution in [2.45, 2.75) is 62.9 Å². The first-order chi connectivity index (χ1) is 6.96. The van der Waals surface area contributed by atoms with Crippen molar-refractivity contribution in [1.82, 2.24) is 0 Å². The molecule has 1 saturated carbocycles. The average molecular weight is 231 g/mol. The molecule has 1 rings (SSSR count). The van der Waals surface area contributed by atoms with Crippen LogP contribution in [-0.4, -0.2) is 20.8 Å². The first kappa shape index (κ1) is 13.2. The number of rotatable bonds is 2. The Labute approximate surface area is 96.5 Å². The van der Waals surface area contributed by atoms with Crippen molar-refractivity contribution in [2.75, 3.05) is 6.54 Å². The van der Waals surface area contributed by atoms with Crippen molar-refractivity contribution in [1.29, 1.82) is 0 Å². The van der Waals surface area contributed by atoms with Gasteiger partial charge in [0, 0.05) is 20.8 Å². The van der Waals surface area contributed by atoms with E-state index in [-0.39, 0.29) is 4.75 Å². The van der Waals surface area contributed by atoms with E-state index in [9.17, 15) is 4.21 Å². The second kappa shape index (κ2) is 5.44. The molecule has 2 nitrogen and oxygen atoms in total. The number of hydrogen-bond acceptors (Lipinski definition) is 2. The van der Waals surface area contributed by atoms with E-state index in [4.69, 9.17) is 5.73 Å². The van der Waals surface area contributed by atoms with Crippen LogP contribution in [0.1, 0.15) is 52.9 Å². The first-order valence-electron chi connectivity index (χ1n) is 6.07. The standard InChI is InChI=1S/C12H25NOS/c1-12(2,3)15(14)11-8-6-4-5-7-10(11)9-13/h10-11H,4-9,13H2,1-3H3. The van der Waals surface area contributed by atoms with Crippen molar-refractivity contribution in [3.8, 4) is 0 Å². The van der Waals surface area contributed by atoms with Gasteiger partial charge in [-0.25, -0.2) is 0 Å². The Bertz CT molecular complexity index is 222. The Morgan fingerprint density at radius 1 is 1.20 bits per heavy atom. The molecular weight excluding hydrogens is 206 g/mol. The monoisotopic (exact) mass is 231 g/mol. The molecule has 0 amide bonds. The lowest BCUT2D eigenvalue weighted by Crippen LogP contribution is -2.38. The van der Waals surface area contributed by atoms with Crippen molar-refractivity contribution in [3.05, 3.63) is 0 Å². The van der Waals surface area contributed by atoms with Crippen molar-refractivity contribution < 1.29 is 4.21 Å². The average Bonchev–Trinajstić information content (AvgIpc) is 2.39. The maximum atomic E-state index is 12.4. The summed E-state index contributed by atoms with van der Waals surface area (Å²) in [6, 6.07) is 0. The van der Waals surface area contributed by atoms with E-state index in [0.717, 1.165) is 6.42 Å². The van der Waals surface area contributed by atoms with Crippen LogP contribution in [0.3, 0.4) is 0 Å². The van der Waals surface area contributed by atoms with Gasteiger partial charge >= 0.3 is 0 Å². The quantitative estimate of drug-likeness (QED) is 0.742. The highest BCUT2D eigenvalue weighted by molar-refractivity contribution is 7.87. The minimum Gasteiger partial charge on any atom is -0.330 e. The molecule has 3 atom stereocenters. The zero-order valence-electron chi connectivity index (χ0n) is 10.3. The number of hydrogen-bond donors (Lipinski definition) is 1. The van der Waals surface area contributed by atoms with Crippen LogP contribution in [0.25, 0.3) is 0 Å². The molecule has 1 aliphatic rings. The Balaban J connectivity index is 2.74. The van der Waals surface area contributed by atoms with Gasteiger partial charge in [0.25, 0.3) is 0 Å². The third-order valence-corrected chi connectivity index (χ3v) is 5.65. The molecule has 0 aromatic rings. The van der Waals surface area contributed by atoms with E-state index in [1.54, 1.807) is 0 Å². The molecule has 0 bridgehead atoms. The van der Waals surface area contributed by atoms with Crippen molar-refractivity contribution in [3.63, 3.8) is 0 Å². The van der Waals surface area contributed by atoms with Gasteiger partial charge in [0.15, 0.2) is 0 Å². The van der Waals surface area contributed by atoms with E-state index < -0.39 is 10.8 Å². The van der Waals surface area contributed by atoms with Gasteiger partial charge in [-0.1, -0.05) is 19.3 Å². The Hall–Kier alpha value is 0.110. The lowest BCUT2D eigenvalue weighted by atomic mass is 10.0. The van der Waals surface area contributed by atoms with E-state index >= 15 is 0 Å². The van der Waals surface area contributed by atoms with Crippen molar-refractivity contribution >= 4 is 10.8 Å². The van der Waals surface area contributed by atoms with Gasteiger partial charge < -0.3 is 5.73 Å². The molecule has 1 fully saturated rings. The SMILES string of the molecule is CC(C)(C)S(=O)C1CCCCCC1CN. The Morgan fingerprint density at radius 2 is 1.80 bits per heavy atom. The second-order valence-corrected chi connectivity index (χ2v) is 8.01. The van der Waals surface area contributed by atoms with Gasteiger partial charge in [0.2, 0.25) is 0 Å². The fourth-order valence-corrected chi connectivity index (χ4v) is 4.24. The molecule has 0 saturated heterocycles. The zero-order chi connectivity index (χ0) is 11.5. The second-order valence-electron chi connectivity index (χ2n) is 5.58. The molecule has 0 radical (unpaired) electrons. The van der Waals surface area contributed by atoms with Gasteiger partial charge in [0.05, 0.1) is 0 Å². The van der Waals surface area contributed by atoms with Crippen LogP contribution in [0.15, 0.2) is 0 Å². The summed E-state index contributed by atoms with van der Waals surface area (Å²) in [7, 11) is -0.745. The fraction of sp³-hybridized carbons (Fsp3) is 1.00. The predicted molar refractivity (Wildman–Crippen MR) is 67.3 cm³/mol. The van der Waals surface area contributed by atoms with Crippen LogP contribution in [0, 0.1) is 5.92 Å². The third kappa shape index (κ3) is 3.56. The highest BCUT2D eigenvalue weighted by atomic mass is 32.2. The van der Waals surface area contributed by atoms with E-state index in [2.05, 4.69) is 20.8 Å². The molecular formula is C12H25NOS. The minimum atomic E-state index is -0.745. The Kier molecular flexibility index (Phi) is 4.78. The fourth-order valence-electron chi connectivity index (χ4n) is 2.36.